The van der Waals surface area contributed by atoms with Gasteiger partial charge < -0.3 is 10.2 Å². The van der Waals surface area contributed by atoms with Gasteiger partial charge in [-0.15, -0.1) is 11.3 Å². The van der Waals surface area contributed by atoms with Crippen LogP contribution in [0.1, 0.15) is 36.6 Å². The molecule has 0 saturated carbocycles. The number of hydrogen-bond donors (Lipinski definition) is 1. The van der Waals surface area contributed by atoms with Crippen LogP contribution in [0.4, 0.5) is 0 Å². The van der Waals surface area contributed by atoms with Crippen LogP contribution in [0, 0.1) is 12.3 Å². The fourth-order valence-electron chi connectivity index (χ4n) is 2.86. The highest BCUT2D eigenvalue weighted by molar-refractivity contribution is 7.10. The van der Waals surface area contributed by atoms with Crippen molar-refractivity contribution in [2.24, 2.45) is 5.41 Å². The molecule has 0 aromatic carbocycles. The summed E-state index contributed by atoms with van der Waals surface area (Å²) in [6.07, 6.45) is 3.04. The Hall–Kier alpha value is -0.870. The summed E-state index contributed by atoms with van der Waals surface area (Å²) in [5.41, 5.74) is 1.11. The smallest absolute Gasteiger partial charge is 0.230 e. The first-order chi connectivity index (χ1) is 9.09. The molecule has 0 radical (unpaired) electrons. The first kappa shape index (κ1) is 14.5. The van der Waals surface area contributed by atoms with Gasteiger partial charge in [-0.2, -0.15) is 0 Å². The van der Waals surface area contributed by atoms with Crippen molar-refractivity contribution in [3.63, 3.8) is 0 Å². The van der Waals surface area contributed by atoms with Crippen LogP contribution in [0.15, 0.2) is 11.4 Å². The van der Waals surface area contributed by atoms with Crippen molar-refractivity contribution >= 4 is 17.2 Å². The Bertz CT molecular complexity index is 435. The summed E-state index contributed by atoms with van der Waals surface area (Å²) in [6, 6.07) is 2.12. The van der Waals surface area contributed by atoms with E-state index in [1.165, 1.54) is 10.4 Å². The summed E-state index contributed by atoms with van der Waals surface area (Å²) in [7, 11) is 1.94. The number of aryl methyl sites for hydroxylation is 1. The maximum absolute atomic E-state index is 12.8. The Labute approximate surface area is 120 Å². The number of nitrogens with one attached hydrogen (secondary N) is 1. The molecule has 2 rings (SSSR count). The number of carbonyl (C=O) groups is 1. The van der Waals surface area contributed by atoms with E-state index >= 15 is 0 Å². The topological polar surface area (TPSA) is 32.3 Å². The van der Waals surface area contributed by atoms with Crippen LogP contribution < -0.4 is 5.32 Å². The number of carbonyl (C=O) groups excluding carboxylic acids is 1. The van der Waals surface area contributed by atoms with Crippen LogP contribution >= 0.6 is 11.3 Å². The summed E-state index contributed by atoms with van der Waals surface area (Å²) in [5.74, 6) is 0.301. The molecule has 0 spiro atoms. The quantitative estimate of drug-likeness (QED) is 0.920. The van der Waals surface area contributed by atoms with Gasteiger partial charge in [0.1, 0.15) is 0 Å². The molecule has 1 saturated heterocycles. The molecule has 1 aliphatic rings. The minimum Gasteiger partial charge on any atom is -0.340 e. The van der Waals surface area contributed by atoms with Crippen LogP contribution in [-0.2, 0) is 11.3 Å². The first-order valence-electron chi connectivity index (χ1n) is 7.08. The van der Waals surface area contributed by atoms with E-state index in [9.17, 15) is 4.79 Å². The molecular weight excluding hydrogens is 256 g/mol. The predicted octanol–water partition coefficient (Wildman–Crippen LogP) is 2.79. The third-order valence-corrected chi connectivity index (χ3v) is 5.31. The van der Waals surface area contributed by atoms with Crippen LogP contribution in [0.25, 0.3) is 0 Å². The van der Waals surface area contributed by atoms with E-state index in [2.05, 4.69) is 30.6 Å². The lowest BCUT2D eigenvalue weighted by molar-refractivity contribution is -0.142. The van der Waals surface area contributed by atoms with Gasteiger partial charge in [-0.25, -0.2) is 0 Å². The highest BCUT2D eigenvalue weighted by Crippen LogP contribution is 2.32. The number of nitrogens with zero attached hydrogens (tertiary/aromatic N) is 1. The van der Waals surface area contributed by atoms with E-state index in [1.807, 2.05) is 11.9 Å². The Morgan fingerprint density at radius 3 is 2.89 bits per heavy atom. The Morgan fingerprint density at radius 2 is 2.37 bits per heavy atom. The number of amides is 1. The molecular formula is C15H24N2OS. The molecule has 0 aliphatic carbocycles. The highest BCUT2D eigenvalue weighted by Gasteiger charge is 2.39. The summed E-state index contributed by atoms with van der Waals surface area (Å²) >= 11 is 1.74. The third kappa shape index (κ3) is 3.00. The van der Waals surface area contributed by atoms with E-state index in [4.69, 9.17) is 0 Å². The maximum atomic E-state index is 12.8. The van der Waals surface area contributed by atoms with Crippen molar-refractivity contribution in [3.8, 4) is 0 Å². The molecule has 4 heteroatoms. The van der Waals surface area contributed by atoms with E-state index in [-0.39, 0.29) is 5.41 Å². The van der Waals surface area contributed by atoms with Crippen molar-refractivity contribution in [1.29, 1.82) is 0 Å². The minimum absolute atomic E-state index is 0.182. The van der Waals surface area contributed by atoms with Gasteiger partial charge in [-0.1, -0.05) is 6.92 Å². The second-order valence-electron chi connectivity index (χ2n) is 5.60. The lowest BCUT2D eigenvalue weighted by atomic mass is 9.77. The van der Waals surface area contributed by atoms with Gasteiger partial charge in [-0.05, 0) is 49.7 Å². The maximum Gasteiger partial charge on any atom is 0.230 e. The standard InChI is InChI=1S/C15H24N2OS/c1-4-15(7-5-8-16-11-15)14(18)17(3)10-13-12(2)6-9-19-13/h6,9,16H,4-5,7-8,10-11H2,1-3H3. The number of thiophene rings is 1. The molecule has 2 heterocycles. The van der Waals surface area contributed by atoms with Gasteiger partial charge in [0.2, 0.25) is 5.91 Å². The zero-order valence-corrected chi connectivity index (χ0v) is 13.0. The Morgan fingerprint density at radius 1 is 1.58 bits per heavy atom. The molecule has 1 amide bonds. The SMILES string of the molecule is CCC1(C(=O)N(C)Cc2sccc2C)CCCNC1. The van der Waals surface area contributed by atoms with Crippen molar-refractivity contribution in [1.82, 2.24) is 10.2 Å². The molecule has 19 heavy (non-hydrogen) atoms. The van der Waals surface area contributed by atoms with Gasteiger partial charge in [-0.3, -0.25) is 4.79 Å². The molecule has 1 aromatic heterocycles. The molecule has 1 aliphatic heterocycles. The monoisotopic (exact) mass is 280 g/mol. The minimum atomic E-state index is -0.182. The van der Waals surface area contributed by atoms with E-state index in [1.54, 1.807) is 11.3 Å². The van der Waals surface area contributed by atoms with Gasteiger partial charge >= 0.3 is 0 Å². The first-order valence-corrected chi connectivity index (χ1v) is 7.96. The fourth-order valence-corrected chi connectivity index (χ4v) is 3.82. The molecule has 1 aromatic rings. The Balaban J connectivity index is 2.07. The van der Waals surface area contributed by atoms with Crippen molar-refractivity contribution in [2.45, 2.75) is 39.7 Å². The molecule has 106 valence electrons. The summed E-state index contributed by atoms with van der Waals surface area (Å²) in [4.78, 5) is 16.0. The van der Waals surface area contributed by atoms with Crippen molar-refractivity contribution < 1.29 is 4.79 Å². The van der Waals surface area contributed by atoms with Gasteiger partial charge in [0.15, 0.2) is 0 Å². The molecule has 1 unspecified atom stereocenters. The highest BCUT2D eigenvalue weighted by atomic mass is 32.1. The number of rotatable bonds is 4. The summed E-state index contributed by atoms with van der Waals surface area (Å²) in [6.45, 7) is 6.86. The second kappa shape index (κ2) is 6.06. The number of hydrogen-bond acceptors (Lipinski definition) is 3. The molecule has 1 N–H and O–H groups in total. The molecule has 1 atom stereocenters. The van der Waals surface area contributed by atoms with Gasteiger partial charge in [0.05, 0.1) is 12.0 Å². The Kier molecular flexibility index (Phi) is 4.63. The average molecular weight is 280 g/mol. The largest absolute Gasteiger partial charge is 0.340 e. The van der Waals surface area contributed by atoms with Crippen LogP contribution in [0.5, 0.6) is 0 Å². The fraction of sp³-hybridized carbons (Fsp3) is 0.667. The molecule has 3 nitrogen and oxygen atoms in total. The van der Waals surface area contributed by atoms with Crippen molar-refractivity contribution in [3.05, 3.63) is 21.9 Å². The average Bonchev–Trinajstić information content (AvgIpc) is 2.84. The van der Waals surface area contributed by atoms with Crippen LogP contribution in [-0.4, -0.2) is 30.9 Å². The normalized spacial score (nSPS) is 23.3. The lowest BCUT2D eigenvalue weighted by Gasteiger charge is -2.38. The second-order valence-corrected chi connectivity index (χ2v) is 6.60. The van der Waals surface area contributed by atoms with Crippen LogP contribution in [0.2, 0.25) is 0 Å². The number of piperidine rings is 1. The van der Waals surface area contributed by atoms with E-state index in [0.717, 1.165) is 38.9 Å². The van der Waals surface area contributed by atoms with Gasteiger partial charge in [0.25, 0.3) is 0 Å². The summed E-state index contributed by atoms with van der Waals surface area (Å²) in [5, 5.41) is 5.49. The summed E-state index contributed by atoms with van der Waals surface area (Å²) < 4.78 is 0. The zero-order chi connectivity index (χ0) is 13.9. The van der Waals surface area contributed by atoms with Gasteiger partial charge in [0, 0.05) is 18.5 Å². The predicted molar refractivity (Wildman–Crippen MR) is 80.4 cm³/mol. The molecule has 0 bridgehead atoms. The van der Waals surface area contributed by atoms with Crippen LogP contribution in [0.3, 0.4) is 0 Å². The van der Waals surface area contributed by atoms with E-state index in [0.29, 0.717) is 5.91 Å². The van der Waals surface area contributed by atoms with E-state index < -0.39 is 0 Å². The lowest BCUT2D eigenvalue weighted by Crippen LogP contribution is -2.50. The van der Waals surface area contributed by atoms with Crippen molar-refractivity contribution in [2.75, 3.05) is 20.1 Å². The zero-order valence-electron chi connectivity index (χ0n) is 12.2. The third-order valence-electron chi connectivity index (χ3n) is 4.30. The molecule has 1 fully saturated rings.